The van der Waals surface area contributed by atoms with Crippen molar-refractivity contribution in [1.29, 1.82) is 0 Å². The van der Waals surface area contributed by atoms with Crippen LogP contribution in [0, 0.1) is 17.6 Å². The first-order valence-electron chi connectivity index (χ1n) is 5.33. The summed E-state index contributed by atoms with van der Waals surface area (Å²) in [6.45, 7) is 4.20. The van der Waals surface area contributed by atoms with Crippen molar-refractivity contribution < 1.29 is 18.3 Å². The SMILES string of the molecule is CC(C)CCOC(=O)c1cc(F)c(F)cc1N. The summed E-state index contributed by atoms with van der Waals surface area (Å²) in [5.74, 6) is -2.54. The van der Waals surface area contributed by atoms with Crippen LogP contribution in [0.25, 0.3) is 0 Å². The average molecular weight is 243 g/mol. The maximum absolute atomic E-state index is 12.9. The molecule has 0 aliphatic heterocycles. The number of ether oxygens (including phenoxy) is 1. The van der Waals surface area contributed by atoms with Crippen LogP contribution in [-0.4, -0.2) is 12.6 Å². The molecule has 0 amide bonds. The molecule has 0 aliphatic rings. The Balaban J connectivity index is 2.72. The van der Waals surface area contributed by atoms with Crippen molar-refractivity contribution in [3.63, 3.8) is 0 Å². The number of carbonyl (C=O) groups is 1. The minimum absolute atomic E-state index is 0.126. The summed E-state index contributed by atoms with van der Waals surface area (Å²) in [4.78, 5) is 11.5. The second-order valence-corrected chi connectivity index (χ2v) is 4.17. The fourth-order valence-corrected chi connectivity index (χ4v) is 1.20. The molecule has 5 heteroatoms. The van der Waals surface area contributed by atoms with Crippen LogP contribution in [0.1, 0.15) is 30.6 Å². The summed E-state index contributed by atoms with van der Waals surface area (Å²) in [5, 5.41) is 0. The highest BCUT2D eigenvalue weighted by Gasteiger charge is 2.15. The van der Waals surface area contributed by atoms with E-state index in [2.05, 4.69) is 0 Å². The van der Waals surface area contributed by atoms with Gasteiger partial charge in [-0.25, -0.2) is 13.6 Å². The van der Waals surface area contributed by atoms with Crippen LogP contribution in [0.4, 0.5) is 14.5 Å². The Morgan fingerprint density at radius 2 is 1.94 bits per heavy atom. The molecule has 0 aromatic heterocycles. The Bertz CT molecular complexity index is 419. The summed E-state index contributed by atoms with van der Waals surface area (Å²) in [5.41, 5.74) is 5.14. The minimum Gasteiger partial charge on any atom is -0.462 e. The van der Waals surface area contributed by atoms with Crippen LogP contribution in [0.2, 0.25) is 0 Å². The van der Waals surface area contributed by atoms with Gasteiger partial charge in [0.2, 0.25) is 0 Å². The number of benzene rings is 1. The van der Waals surface area contributed by atoms with Crippen molar-refractivity contribution in [3.05, 3.63) is 29.3 Å². The van der Waals surface area contributed by atoms with Crippen LogP contribution in [0.15, 0.2) is 12.1 Å². The van der Waals surface area contributed by atoms with Gasteiger partial charge in [0.05, 0.1) is 12.2 Å². The zero-order chi connectivity index (χ0) is 13.0. The number of hydrogen-bond acceptors (Lipinski definition) is 3. The predicted octanol–water partition coefficient (Wildman–Crippen LogP) is 2.75. The van der Waals surface area contributed by atoms with Gasteiger partial charge < -0.3 is 10.5 Å². The summed E-state index contributed by atoms with van der Waals surface area (Å²) >= 11 is 0. The van der Waals surface area contributed by atoms with E-state index in [-0.39, 0.29) is 17.9 Å². The number of carbonyl (C=O) groups excluding carboxylic acids is 1. The zero-order valence-corrected chi connectivity index (χ0v) is 9.80. The molecule has 0 radical (unpaired) electrons. The number of halogens is 2. The maximum atomic E-state index is 12.9. The molecule has 0 bridgehead atoms. The highest BCUT2D eigenvalue weighted by Crippen LogP contribution is 2.18. The van der Waals surface area contributed by atoms with Crippen LogP contribution in [-0.2, 0) is 4.74 Å². The Kier molecular flexibility index (Phi) is 4.43. The first kappa shape index (κ1) is 13.4. The number of esters is 1. The van der Waals surface area contributed by atoms with E-state index in [9.17, 15) is 13.6 Å². The van der Waals surface area contributed by atoms with Gasteiger partial charge in [-0.15, -0.1) is 0 Å². The molecule has 0 fully saturated rings. The van der Waals surface area contributed by atoms with Gasteiger partial charge in [0.1, 0.15) is 0 Å². The molecule has 0 saturated heterocycles. The fourth-order valence-electron chi connectivity index (χ4n) is 1.20. The molecule has 0 atom stereocenters. The van der Waals surface area contributed by atoms with Gasteiger partial charge in [-0.3, -0.25) is 0 Å². The third-order valence-corrected chi connectivity index (χ3v) is 2.24. The van der Waals surface area contributed by atoms with Crippen LogP contribution >= 0.6 is 0 Å². The van der Waals surface area contributed by atoms with E-state index in [0.29, 0.717) is 12.3 Å². The van der Waals surface area contributed by atoms with Crippen LogP contribution < -0.4 is 5.73 Å². The molecule has 0 saturated carbocycles. The molecule has 0 heterocycles. The average Bonchev–Trinajstić information content (AvgIpc) is 2.22. The standard InChI is InChI=1S/C12H15F2NO2/c1-7(2)3-4-17-12(16)8-5-9(13)10(14)6-11(8)15/h5-7H,3-4,15H2,1-2H3. The Labute approximate surface area is 98.6 Å². The van der Waals surface area contributed by atoms with E-state index in [1.165, 1.54) is 0 Å². The molecule has 17 heavy (non-hydrogen) atoms. The molecule has 94 valence electrons. The van der Waals surface area contributed by atoms with Gasteiger partial charge in [0.25, 0.3) is 0 Å². The van der Waals surface area contributed by atoms with Crippen LogP contribution in [0.3, 0.4) is 0 Å². The van der Waals surface area contributed by atoms with Gasteiger partial charge in [-0.1, -0.05) is 13.8 Å². The first-order chi connectivity index (χ1) is 7.91. The summed E-state index contributed by atoms with van der Waals surface area (Å²) in [7, 11) is 0. The molecule has 3 nitrogen and oxygen atoms in total. The summed E-state index contributed by atoms with van der Waals surface area (Å²) < 4.78 is 30.6. The molecule has 0 unspecified atom stereocenters. The van der Waals surface area contributed by atoms with E-state index < -0.39 is 17.6 Å². The molecule has 1 aromatic carbocycles. The first-order valence-corrected chi connectivity index (χ1v) is 5.33. The molecule has 0 aliphatic carbocycles. The van der Waals surface area contributed by atoms with E-state index >= 15 is 0 Å². The Morgan fingerprint density at radius 1 is 1.35 bits per heavy atom. The second-order valence-electron chi connectivity index (χ2n) is 4.17. The highest BCUT2D eigenvalue weighted by molar-refractivity contribution is 5.95. The quantitative estimate of drug-likeness (QED) is 0.653. The number of rotatable bonds is 4. The maximum Gasteiger partial charge on any atom is 0.340 e. The lowest BCUT2D eigenvalue weighted by Gasteiger charge is -2.08. The lowest BCUT2D eigenvalue weighted by atomic mass is 10.1. The Hall–Kier alpha value is -1.65. The van der Waals surface area contributed by atoms with Gasteiger partial charge in [0.15, 0.2) is 11.6 Å². The number of nitrogen functional groups attached to an aromatic ring is 1. The Morgan fingerprint density at radius 3 is 2.53 bits per heavy atom. The molecule has 2 N–H and O–H groups in total. The van der Waals surface area contributed by atoms with Crippen molar-refractivity contribution in [2.45, 2.75) is 20.3 Å². The number of hydrogen-bond donors (Lipinski definition) is 1. The molecular weight excluding hydrogens is 228 g/mol. The van der Waals surface area contributed by atoms with Crippen molar-refractivity contribution >= 4 is 11.7 Å². The summed E-state index contributed by atoms with van der Waals surface area (Å²) in [6, 6.07) is 1.52. The third-order valence-electron chi connectivity index (χ3n) is 2.24. The van der Waals surface area contributed by atoms with Crippen molar-refractivity contribution in [2.24, 2.45) is 5.92 Å². The number of nitrogens with two attached hydrogens (primary N) is 1. The van der Waals surface area contributed by atoms with E-state index in [0.717, 1.165) is 12.1 Å². The summed E-state index contributed by atoms with van der Waals surface area (Å²) in [6.07, 6.45) is 0.704. The third kappa shape index (κ3) is 3.69. The van der Waals surface area contributed by atoms with E-state index in [1.807, 2.05) is 13.8 Å². The van der Waals surface area contributed by atoms with Gasteiger partial charge in [-0.2, -0.15) is 0 Å². The van der Waals surface area contributed by atoms with Crippen LogP contribution in [0.5, 0.6) is 0 Å². The smallest absolute Gasteiger partial charge is 0.340 e. The number of anilines is 1. The van der Waals surface area contributed by atoms with E-state index in [1.54, 1.807) is 0 Å². The molecular formula is C12H15F2NO2. The topological polar surface area (TPSA) is 52.3 Å². The van der Waals surface area contributed by atoms with Gasteiger partial charge >= 0.3 is 5.97 Å². The van der Waals surface area contributed by atoms with Crippen molar-refractivity contribution in [2.75, 3.05) is 12.3 Å². The zero-order valence-electron chi connectivity index (χ0n) is 9.80. The highest BCUT2D eigenvalue weighted by atomic mass is 19.2. The van der Waals surface area contributed by atoms with Crippen molar-refractivity contribution in [3.8, 4) is 0 Å². The van der Waals surface area contributed by atoms with Crippen molar-refractivity contribution in [1.82, 2.24) is 0 Å². The lowest BCUT2D eigenvalue weighted by Crippen LogP contribution is -2.11. The van der Waals surface area contributed by atoms with E-state index in [4.69, 9.17) is 10.5 Å². The normalized spacial score (nSPS) is 10.6. The molecule has 0 spiro atoms. The van der Waals surface area contributed by atoms with Gasteiger partial charge in [-0.05, 0) is 18.4 Å². The largest absolute Gasteiger partial charge is 0.462 e. The predicted molar refractivity (Wildman–Crippen MR) is 60.5 cm³/mol. The fraction of sp³-hybridized carbons (Fsp3) is 0.417. The molecule has 1 rings (SSSR count). The minimum atomic E-state index is -1.12. The second kappa shape index (κ2) is 5.61. The lowest BCUT2D eigenvalue weighted by molar-refractivity contribution is 0.0488. The molecule has 1 aromatic rings. The monoisotopic (exact) mass is 243 g/mol. The van der Waals surface area contributed by atoms with Gasteiger partial charge in [0, 0.05) is 11.8 Å².